The number of hydrogen-bond donors (Lipinski definition) is 1. The number of amides is 1. The van der Waals surface area contributed by atoms with E-state index in [1.165, 1.54) is 6.07 Å². The third-order valence-corrected chi connectivity index (χ3v) is 1.77. The highest BCUT2D eigenvalue weighted by Gasteiger charge is 2.17. The molecule has 1 rings (SSSR count). The molecule has 1 aromatic heterocycles. The summed E-state index contributed by atoms with van der Waals surface area (Å²) in [4.78, 5) is 11.5. The number of rotatable bonds is 1. The van der Waals surface area contributed by atoms with Crippen LogP contribution in [0.25, 0.3) is 0 Å². The van der Waals surface area contributed by atoms with Crippen molar-refractivity contribution >= 4 is 23.4 Å². The number of halogens is 1. The Kier molecular flexibility index (Phi) is 3.70. The molecule has 0 fully saturated rings. The van der Waals surface area contributed by atoms with Crippen LogP contribution in [0.2, 0.25) is 5.15 Å². The second-order valence-electron chi connectivity index (χ2n) is 4.29. The van der Waals surface area contributed by atoms with Crippen LogP contribution in [-0.2, 0) is 4.74 Å². The standard InChI is InChI=1S/C10H14ClN3O2/c1-6-7(5-8(11)14-13-6)12-9(15)16-10(2,3)4/h5H,1-4H3,(H,12,14,15). The Bertz CT molecular complexity index is 402. The number of aromatic nitrogens is 2. The zero-order chi connectivity index (χ0) is 12.3. The van der Waals surface area contributed by atoms with E-state index < -0.39 is 11.7 Å². The molecular weight excluding hydrogens is 230 g/mol. The van der Waals surface area contributed by atoms with Gasteiger partial charge in [0.15, 0.2) is 5.15 Å². The van der Waals surface area contributed by atoms with Gasteiger partial charge in [-0.3, -0.25) is 5.32 Å². The molecule has 5 nitrogen and oxygen atoms in total. The maximum atomic E-state index is 11.5. The first-order valence-electron chi connectivity index (χ1n) is 4.78. The topological polar surface area (TPSA) is 64.1 Å². The highest BCUT2D eigenvalue weighted by atomic mass is 35.5. The van der Waals surface area contributed by atoms with Crippen molar-refractivity contribution < 1.29 is 9.53 Å². The van der Waals surface area contributed by atoms with Crippen molar-refractivity contribution in [2.75, 3.05) is 5.32 Å². The third kappa shape index (κ3) is 4.02. The van der Waals surface area contributed by atoms with Gasteiger partial charge in [-0.2, -0.15) is 5.10 Å². The molecule has 0 aromatic carbocycles. The summed E-state index contributed by atoms with van der Waals surface area (Å²) < 4.78 is 5.10. The molecule has 88 valence electrons. The number of hydrogen-bond acceptors (Lipinski definition) is 4. The molecular formula is C10H14ClN3O2. The molecule has 0 atom stereocenters. The Morgan fingerprint density at radius 2 is 2.06 bits per heavy atom. The van der Waals surface area contributed by atoms with E-state index in [4.69, 9.17) is 16.3 Å². The Hall–Kier alpha value is -1.36. The van der Waals surface area contributed by atoms with Crippen molar-refractivity contribution in [1.29, 1.82) is 0 Å². The molecule has 0 radical (unpaired) electrons. The van der Waals surface area contributed by atoms with Gasteiger partial charge in [-0.05, 0) is 27.7 Å². The lowest BCUT2D eigenvalue weighted by Crippen LogP contribution is -2.27. The second kappa shape index (κ2) is 4.65. The first kappa shape index (κ1) is 12.7. The van der Waals surface area contributed by atoms with E-state index >= 15 is 0 Å². The number of carbonyl (C=O) groups is 1. The van der Waals surface area contributed by atoms with Crippen LogP contribution in [-0.4, -0.2) is 21.9 Å². The summed E-state index contributed by atoms with van der Waals surface area (Å²) in [7, 11) is 0. The smallest absolute Gasteiger partial charge is 0.412 e. The van der Waals surface area contributed by atoms with E-state index in [0.717, 1.165) is 0 Å². The minimum Gasteiger partial charge on any atom is -0.444 e. The van der Waals surface area contributed by atoms with Gasteiger partial charge in [0.2, 0.25) is 0 Å². The molecule has 1 aromatic rings. The van der Waals surface area contributed by atoms with Gasteiger partial charge in [-0.15, -0.1) is 5.10 Å². The number of nitrogens with one attached hydrogen (secondary N) is 1. The molecule has 1 N–H and O–H groups in total. The first-order chi connectivity index (χ1) is 7.28. The Balaban J connectivity index is 2.73. The number of nitrogens with zero attached hydrogens (tertiary/aromatic N) is 2. The Morgan fingerprint density at radius 3 is 2.62 bits per heavy atom. The molecule has 0 unspecified atom stereocenters. The van der Waals surface area contributed by atoms with Crippen LogP contribution in [0.5, 0.6) is 0 Å². The normalized spacial score (nSPS) is 11.1. The monoisotopic (exact) mass is 243 g/mol. The summed E-state index contributed by atoms with van der Waals surface area (Å²) in [5, 5.41) is 10.2. The fourth-order valence-electron chi connectivity index (χ4n) is 0.969. The third-order valence-electron chi connectivity index (χ3n) is 1.58. The lowest BCUT2D eigenvalue weighted by atomic mass is 10.2. The van der Waals surface area contributed by atoms with Crippen LogP contribution < -0.4 is 5.32 Å². The average Bonchev–Trinajstić information content (AvgIpc) is 2.08. The summed E-state index contributed by atoms with van der Waals surface area (Å²) >= 11 is 5.67. The van der Waals surface area contributed by atoms with Gasteiger partial charge in [0.05, 0.1) is 11.4 Å². The van der Waals surface area contributed by atoms with Crippen molar-refractivity contribution in [3.05, 3.63) is 16.9 Å². The lowest BCUT2D eigenvalue weighted by Gasteiger charge is -2.19. The van der Waals surface area contributed by atoms with Crippen LogP contribution in [0.4, 0.5) is 10.5 Å². The van der Waals surface area contributed by atoms with Crippen LogP contribution >= 0.6 is 11.6 Å². The number of carbonyl (C=O) groups excluding carboxylic acids is 1. The van der Waals surface area contributed by atoms with Crippen molar-refractivity contribution in [3.63, 3.8) is 0 Å². The van der Waals surface area contributed by atoms with Crippen molar-refractivity contribution in [3.8, 4) is 0 Å². The summed E-state index contributed by atoms with van der Waals surface area (Å²) in [6.07, 6.45) is -0.542. The van der Waals surface area contributed by atoms with Crippen LogP contribution in [0, 0.1) is 6.92 Å². The predicted molar refractivity (Wildman–Crippen MR) is 61.6 cm³/mol. The molecule has 0 saturated heterocycles. The van der Waals surface area contributed by atoms with E-state index in [2.05, 4.69) is 15.5 Å². The molecule has 0 bridgehead atoms. The van der Waals surface area contributed by atoms with Gasteiger partial charge in [0.25, 0.3) is 0 Å². The van der Waals surface area contributed by atoms with Crippen LogP contribution in [0.1, 0.15) is 26.5 Å². The summed E-state index contributed by atoms with van der Waals surface area (Å²) in [5.74, 6) is 0. The summed E-state index contributed by atoms with van der Waals surface area (Å²) in [5.41, 5.74) is 0.534. The Morgan fingerprint density at radius 1 is 1.44 bits per heavy atom. The lowest BCUT2D eigenvalue weighted by molar-refractivity contribution is 0.0635. The Labute approximate surface area is 99.2 Å². The molecule has 0 aliphatic carbocycles. The predicted octanol–water partition coefficient (Wildman–Crippen LogP) is 2.79. The zero-order valence-electron chi connectivity index (χ0n) is 9.67. The van der Waals surface area contributed by atoms with Gasteiger partial charge in [-0.25, -0.2) is 4.79 Å². The van der Waals surface area contributed by atoms with Gasteiger partial charge in [0.1, 0.15) is 5.60 Å². The minimum atomic E-state index is -0.542. The van der Waals surface area contributed by atoms with E-state index in [1.807, 2.05) is 0 Å². The SMILES string of the molecule is Cc1nnc(Cl)cc1NC(=O)OC(C)(C)C. The highest BCUT2D eigenvalue weighted by Crippen LogP contribution is 2.16. The molecule has 6 heteroatoms. The summed E-state index contributed by atoms with van der Waals surface area (Å²) in [6, 6.07) is 1.52. The van der Waals surface area contributed by atoms with E-state index in [1.54, 1.807) is 27.7 Å². The molecule has 0 spiro atoms. The van der Waals surface area contributed by atoms with E-state index in [-0.39, 0.29) is 5.15 Å². The second-order valence-corrected chi connectivity index (χ2v) is 4.68. The van der Waals surface area contributed by atoms with Crippen molar-refractivity contribution in [2.24, 2.45) is 0 Å². The van der Waals surface area contributed by atoms with Crippen molar-refractivity contribution in [1.82, 2.24) is 10.2 Å². The van der Waals surface area contributed by atoms with E-state index in [9.17, 15) is 4.79 Å². The van der Waals surface area contributed by atoms with Crippen LogP contribution in [0.15, 0.2) is 6.07 Å². The van der Waals surface area contributed by atoms with E-state index in [0.29, 0.717) is 11.4 Å². The van der Waals surface area contributed by atoms with Gasteiger partial charge >= 0.3 is 6.09 Å². The quantitative estimate of drug-likeness (QED) is 0.824. The molecule has 16 heavy (non-hydrogen) atoms. The maximum Gasteiger partial charge on any atom is 0.412 e. The number of anilines is 1. The highest BCUT2D eigenvalue weighted by molar-refractivity contribution is 6.29. The number of ether oxygens (including phenoxy) is 1. The van der Waals surface area contributed by atoms with Gasteiger partial charge < -0.3 is 4.74 Å². The summed E-state index contributed by atoms with van der Waals surface area (Å²) in [6.45, 7) is 7.08. The largest absolute Gasteiger partial charge is 0.444 e. The minimum absolute atomic E-state index is 0.219. The molecule has 0 saturated carbocycles. The fraction of sp³-hybridized carbons (Fsp3) is 0.500. The molecule has 0 aliphatic rings. The zero-order valence-corrected chi connectivity index (χ0v) is 10.4. The molecule has 0 aliphatic heterocycles. The number of aryl methyl sites for hydroxylation is 1. The fourth-order valence-corrected chi connectivity index (χ4v) is 1.12. The maximum absolute atomic E-state index is 11.5. The average molecular weight is 244 g/mol. The van der Waals surface area contributed by atoms with Gasteiger partial charge in [0, 0.05) is 6.07 Å². The first-order valence-corrected chi connectivity index (χ1v) is 5.15. The van der Waals surface area contributed by atoms with Gasteiger partial charge in [-0.1, -0.05) is 11.6 Å². The van der Waals surface area contributed by atoms with Crippen LogP contribution in [0.3, 0.4) is 0 Å². The molecule has 1 amide bonds. The molecule has 1 heterocycles. The van der Waals surface area contributed by atoms with Crippen molar-refractivity contribution in [2.45, 2.75) is 33.3 Å².